The number of nitrogens with zero attached hydrogens (tertiary/aromatic N) is 4. The summed E-state index contributed by atoms with van der Waals surface area (Å²) in [6.07, 6.45) is 3.05. The van der Waals surface area contributed by atoms with E-state index in [1.54, 1.807) is 6.20 Å². The van der Waals surface area contributed by atoms with Crippen molar-refractivity contribution in [1.29, 1.82) is 0 Å². The van der Waals surface area contributed by atoms with E-state index >= 15 is 0 Å². The highest BCUT2D eigenvalue weighted by atomic mass is 16.5. The van der Waals surface area contributed by atoms with Gasteiger partial charge in [-0.2, -0.15) is 0 Å². The molecule has 0 fully saturated rings. The lowest BCUT2D eigenvalue weighted by Crippen LogP contribution is -2.36. The molecule has 0 bridgehead atoms. The van der Waals surface area contributed by atoms with E-state index in [0.717, 1.165) is 30.3 Å². The molecule has 0 saturated heterocycles. The Hall–Kier alpha value is -2.63. The third-order valence-electron chi connectivity index (χ3n) is 3.55. The standard InChI is InChI=1S/C15H16N4O2/c1-18-7-8-19(13-6-4-3-5-12(13)18)14-10-16-11(9-17-14)15(20)21-2/h3-6,9-10H,7-8H2,1-2H3. The number of aromatic nitrogens is 2. The molecule has 0 amide bonds. The first-order valence-electron chi connectivity index (χ1n) is 6.69. The van der Waals surface area contributed by atoms with Crippen LogP contribution in [0.1, 0.15) is 10.5 Å². The maximum absolute atomic E-state index is 11.4. The molecule has 6 nitrogen and oxygen atoms in total. The van der Waals surface area contributed by atoms with Crippen molar-refractivity contribution in [2.24, 2.45) is 0 Å². The highest BCUT2D eigenvalue weighted by Crippen LogP contribution is 2.35. The molecule has 2 heterocycles. The number of ether oxygens (including phenoxy) is 1. The van der Waals surface area contributed by atoms with Crippen molar-refractivity contribution < 1.29 is 9.53 Å². The van der Waals surface area contributed by atoms with E-state index in [9.17, 15) is 4.79 Å². The molecule has 0 atom stereocenters. The van der Waals surface area contributed by atoms with Gasteiger partial charge in [-0.25, -0.2) is 14.8 Å². The minimum atomic E-state index is -0.479. The third-order valence-corrected chi connectivity index (χ3v) is 3.55. The fourth-order valence-corrected chi connectivity index (χ4v) is 2.41. The first-order chi connectivity index (χ1) is 10.2. The largest absolute Gasteiger partial charge is 0.464 e. The van der Waals surface area contributed by atoms with Gasteiger partial charge in [-0.1, -0.05) is 12.1 Å². The number of hydrogen-bond acceptors (Lipinski definition) is 6. The van der Waals surface area contributed by atoms with Crippen molar-refractivity contribution in [2.45, 2.75) is 0 Å². The Morgan fingerprint density at radius 1 is 1.14 bits per heavy atom. The van der Waals surface area contributed by atoms with Crippen molar-refractivity contribution in [1.82, 2.24) is 9.97 Å². The van der Waals surface area contributed by atoms with Crippen LogP contribution in [-0.2, 0) is 4.74 Å². The van der Waals surface area contributed by atoms with Gasteiger partial charge in [0, 0.05) is 20.1 Å². The van der Waals surface area contributed by atoms with Gasteiger partial charge in [-0.15, -0.1) is 0 Å². The highest BCUT2D eigenvalue weighted by molar-refractivity contribution is 5.87. The van der Waals surface area contributed by atoms with Crippen LogP contribution in [0.2, 0.25) is 0 Å². The van der Waals surface area contributed by atoms with Crippen LogP contribution in [0.15, 0.2) is 36.7 Å². The number of esters is 1. The van der Waals surface area contributed by atoms with E-state index in [0.29, 0.717) is 0 Å². The molecule has 0 spiro atoms. The Kier molecular flexibility index (Phi) is 3.43. The van der Waals surface area contributed by atoms with Gasteiger partial charge in [-0.3, -0.25) is 0 Å². The molecule has 1 aromatic heterocycles. The number of carbonyl (C=O) groups excluding carboxylic acids is 1. The van der Waals surface area contributed by atoms with Crippen LogP contribution < -0.4 is 9.80 Å². The molecule has 0 aliphatic carbocycles. The minimum absolute atomic E-state index is 0.212. The molecule has 3 rings (SSSR count). The number of carbonyl (C=O) groups is 1. The molecule has 108 valence electrons. The summed E-state index contributed by atoms with van der Waals surface area (Å²) >= 11 is 0. The minimum Gasteiger partial charge on any atom is -0.464 e. The van der Waals surface area contributed by atoms with E-state index < -0.39 is 5.97 Å². The van der Waals surface area contributed by atoms with Crippen molar-refractivity contribution >= 4 is 23.2 Å². The molecule has 1 aromatic carbocycles. The molecule has 6 heteroatoms. The van der Waals surface area contributed by atoms with Gasteiger partial charge in [0.2, 0.25) is 0 Å². The number of likely N-dealkylation sites (N-methyl/N-ethyl adjacent to an activating group) is 1. The monoisotopic (exact) mass is 284 g/mol. The topological polar surface area (TPSA) is 58.6 Å². The molecular formula is C15H16N4O2. The zero-order valence-electron chi connectivity index (χ0n) is 12.0. The van der Waals surface area contributed by atoms with E-state index in [1.165, 1.54) is 13.3 Å². The SMILES string of the molecule is COC(=O)c1cnc(N2CCN(C)c3ccccc32)cn1. The second kappa shape index (κ2) is 5.40. The van der Waals surface area contributed by atoms with Crippen LogP contribution in [0, 0.1) is 0 Å². The summed E-state index contributed by atoms with van der Waals surface area (Å²) in [5.41, 5.74) is 2.46. The van der Waals surface area contributed by atoms with Gasteiger partial charge in [-0.05, 0) is 12.1 Å². The Labute approximate surface area is 123 Å². The summed E-state index contributed by atoms with van der Waals surface area (Å²) in [4.78, 5) is 24.2. The second-order valence-corrected chi connectivity index (χ2v) is 4.81. The molecule has 1 aliphatic rings. The Morgan fingerprint density at radius 3 is 2.57 bits per heavy atom. The number of anilines is 3. The maximum atomic E-state index is 11.4. The Bertz CT molecular complexity index is 657. The average Bonchev–Trinajstić information content (AvgIpc) is 2.55. The van der Waals surface area contributed by atoms with Crippen molar-refractivity contribution in [3.8, 4) is 0 Å². The van der Waals surface area contributed by atoms with Gasteiger partial charge in [0.15, 0.2) is 11.5 Å². The average molecular weight is 284 g/mol. The third kappa shape index (κ3) is 2.40. The number of methoxy groups -OCH3 is 1. The molecule has 2 aromatic rings. The molecule has 0 N–H and O–H groups in total. The van der Waals surface area contributed by atoms with Crippen molar-refractivity contribution in [3.05, 3.63) is 42.4 Å². The van der Waals surface area contributed by atoms with Crippen molar-refractivity contribution in [3.63, 3.8) is 0 Å². The zero-order chi connectivity index (χ0) is 14.8. The van der Waals surface area contributed by atoms with Crippen molar-refractivity contribution in [2.75, 3.05) is 37.0 Å². The number of fused-ring (bicyclic) bond motifs is 1. The molecule has 1 aliphatic heterocycles. The number of para-hydroxylation sites is 2. The molecular weight excluding hydrogens is 268 g/mol. The zero-order valence-corrected chi connectivity index (χ0v) is 12.0. The predicted molar refractivity (Wildman–Crippen MR) is 80.1 cm³/mol. The van der Waals surface area contributed by atoms with Crippen LogP contribution in [-0.4, -0.2) is 43.2 Å². The van der Waals surface area contributed by atoms with Crippen LogP contribution in [0.3, 0.4) is 0 Å². The van der Waals surface area contributed by atoms with E-state index in [4.69, 9.17) is 0 Å². The van der Waals surface area contributed by atoms with Gasteiger partial charge in [0.1, 0.15) is 0 Å². The summed E-state index contributed by atoms with van der Waals surface area (Å²) in [7, 11) is 3.40. The molecule has 0 saturated carbocycles. The van der Waals surface area contributed by atoms with Crippen LogP contribution in [0.5, 0.6) is 0 Å². The van der Waals surface area contributed by atoms with Gasteiger partial charge in [0.05, 0.1) is 30.9 Å². The van der Waals surface area contributed by atoms with Crippen LogP contribution >= 0.6 is 0 Å². The van der Waals surface area contributed by atoms with Gasteiger partial charge < -0.3 is 14.5 Å². The molecule has 0 unspecified atom stereocenters. The summed E-state index contributed by atoms with van der Waals surface area (Å²) in [6.45, 7) is 1.72. The summed E-state index contributed by atoms with van der Waals surface area (Å²) in [6, 6.07) is 8.16. The van der Waals surface area contributed by atoms with Crippen LogP contribution in [0.4, 0.5) is 17.2 Å². The lowest BCUT2D eigenvalue weighted by atomic mass is 10.2. The number of rotatable bonds is 2. The van der Waals surface area contributed by atoms with Gasteiger partial charge >= 0.3 is 5.97 Å². The first-order valence-corrected chi connectivity index (χ1v) is 6.69. The fraction of sp³-hybridized carbons (Fsp3) is 0.267. The molecule has 21 heavy (non-hydrogen) atoms. The van der Waals surface area contributed by atoms with E-state index in [2.05, 4.69) is 43.7 Å². The Balaban J connectivity index is 1.94. The second-order valence-electron chi connectivity index (χ2n) is 4.81. The highest BCUT2D eigenvalue weighted by Gasteiger charge is 2.22. The Morgan fingerprint density at radius 2 is 1.90 bits per heavy atom. The molecule has 0 radical (unpaired) electrons. The fourth-order valence-electron chi connectivity index (χ4n) is 2.41. The van der Waals surface area contributed by atoms with E-state index in [-0.39, 0.29) is 5.69 Å². The van der Waals surface area contributed by atoms with Crippen LogP contribution in [0.25, 0.3) is 0 Å². The number of hydrogen-bond donors (Lipinski definition) is 0. The first kappa shape index (κ1) is 13.4. The normalized spacial score (nSPS) is 13.8. The predicted octanol–water partition coefficient (Wildman–Crippen LogP) is 1.85. The lowest BCUT2D eigenvalue weighted by Gasteiger charge is -2.36. The lowest BCUT2D eigenvalue weighted by molar-refractivity contribution is 0.0593. The maximum Gasteiger partial charge on any atom is 0.358 e. The quantitative estimate of drug-likeness (QED) is 0.784. The number of benzene rings is 1. The van der Waals surface area contributed by atoms with Gasteiger partial charge in [0.25, 0.3) is 0 Å². The summed E-state index contributed by atoms with van der Waals surface area (Å²) < 4.78 is 4.63. The summed E-state index contributed by atoms with van der Waals surface area (Å²) in [5, 5.41) is 0. The smallest absolute Gasteiger partial charge is 0.358 e. The van der Waals surface area contributed by atoms with E-state index in [1.807, 2.05) is 12.1 Å². The summed E-state index contributed by atoms with van der Waals surface area (Å²) in [5.74, 6) is 0.246.